The molecular weight excluding hydrogens is 252 g/mol. The van der Waals surface area contributed by atoms with Crippen molar-refractivity contribution in [3.8, 4) is 0 Å². The van der Waals surface area contributed by atoms with Crippen LogP contribution in [-0.4, -0.2) is 23.5 Å². The fraction of sp³-hybridized carbons (Fsp3) is 0.938. The van der Waals surface area contributed by atoms with Crippen LogP contribution in [0.25, 0.3) is 0 Å². The van der Waals surface area contributed by atoms with Crippen LogP contribution < -0.4 is 5.32 Å². The molecule has 0 aliphatic heterocycles. The van der Waals surface area contributed by atoms with E-state index in [9.17, 15) is 0 Å². The summed E-state index contributed by atoms with van der Waals surface area (Å²) in [7, 11) is 0. The lowest BCUT2D eigenvalue weighted by Gasteiger charge is -2.33. The average Bonchev–Trinajstić information content (AvgIpc) is 2.43. The van der Waals surface area contributed by atoms with Crippen molar-refractivity contribution in [1.82, 2.24) is 5.32 Å². The lowest BCUT2D eigenvalue weighted by atomic mass is 9.79. The molecule has 2 rings (SSSR count). The first-order valence-corrected chi connectivity index (χ1v) is 9.31. The summed E-state index contributed by atoms with van der Waals surface area (Å²) in [5.74, 6) is 1.50. The highest BCUT2D eigenvalue weighted by Crippen LogP contribution is 2.31. The predicted octanol–water partition coefficient (Wildman–Crippen LogP) is 4.45. The largest absolute Gasteiger partial charge is 0.362 e. The van der Waals surface area contributed by atoms with Crippen molar-refractivity contribution in [2.45, 2.75) is 77.3 Å². The first-order valence-electron chi connectivity index (χ1n) is 8.09. The molecule has 3 heteroatoms. The molecule has 110 valence electrons. The SMILES string of the molecule is CSC(=NC1C(C)CCCC1C)NC1CCCCC1. The zero-order valence-electron chi connectivity index (χ0n) is 12.8. The summed E-state index contributed by atoms with van der Waals surface area (Å²) >= 11 is 1.80. The first-order chi connectivity index (χ1) is 9.20. The van der Waals surface area contributed by atoms with Gasteiger partial charge < -0.3 is 5.32 Å². The van der Waals surface area contributed by atoms with E-state index in [0.717, 1.165) is 11.8 Å². The fourth-order valence-corrected chi connectivity index (χ4v) is 4.14. The third kappa shape index (κ3) is 4.40. The molecule has 0 radical (unpaired) electrons. The maximum absolute atomic E-state index is 5.08. The lowest BCUT2D eigenvalue weighted by Crippen LogP contribution is -2.37. The van der Waals surface area contributed by atoms with Crippen molar-refractivity contribution in [2.75, 3.05) is 6.26 Å². The van der Waals surface area contributed by atoms with Crippen LogP contribution in [0.15, 0.2) is 4.99 Å². The summed E-state index contributed by atoms with van der Waals surface area (Å²) in [6, 6.07) is 1.21. The van der Waals surface area contributed by atoms with Gasteiger partial charge in [-0.2, -0.15) is 0 Å². The Bertz CT molecular complexity index is 287. The molecule has 2 fully saturated rings. The van der Waals surface area contributed by atoms with E-state index in [1.165, 1.54) is 56.5 Å². The monoisotopic (exact) mass is 282 g/mol. The number of nitrogens with one attached hydrogen (secondary N) is 1. The van der Waals surface area contributed by atoms with Crippen LogP contribution in [0.3, 0.4) is 0 Å². The number of thioether (sulfide) groups is 1. The zero-order valence-corrected chi connectivity index (χ0v) is 13.6. The van der Waals surface area contributed by atoms with Crippen molar-refractivity contribution in [1.29, 1.82) is 0 Å². The van der Waals surface area contributed by atoms with Crippen LogP contribution >= 0.6 is 11.8 Å². The van der Waals surface area contributed by atoms with Gasteiger partial charge in [0, 0.05) is 6.04 Å². The summed E-state index contributed by atoms with van der Waals surface area (Å²) < 4.78 is 0. The Balaban J connectivity index is 1.96. The molecule has 0 saturated heterocycles. The third-order valence-corrected chi connectivity index (χ3v) is 5.49. The Morgan fingerprint density at radius 1 is 0.947 bits per heavy atom. The van der Waals surface area contributed by atoms with E-state index in [1.807, 2.05) is 0 Å². The van der Waals surface area contributed by atoms with Gasteiger partial charge in [-0.3, -0.25) is 4.99 Å². The molecule has 2 unspecified atom stereocenters. The smallest absolute Gasteiger partial charge is 0.156 e. The minimum absolute atomic E-state index is 0.535. The van der Waals surface area contributed by atoms with E-state index in [1.54, 1.807) is 11.8 Å². The van der Waals surface area contributed by atoms with Crippen LogP contribution in [0, 0.1) is 11.8 Å². The summed E-state index contributed by atoms with van der Waals surface area (Å²) in [5.41, 5.74) is 0. The molecule has 0 aromatic rings. The molecule has 19 heavy (non-hydrogen) atoms. The number of rotatable bonds is 2. The van der Waals surface area contributed by atoms with Crippen molar-refractivity contribution in [3.05, 3.63) is 0 Å². The number of hydrogen-bond acceptors (Lipinski definition) is 2. The minimum Gasteiger partial charge on any atom is -0.362 e. The van der Waals surface area contributed by atoms with Gasteiger partial charge >= 0.3 is 0 Å². The molecule has 0 bridgehead atoms. The molecule has 1 N–H and O–H groups in total. The van der Waals surface area contributed by atoms with E-state index < -0.39 is 0 Å². The van der Waals surface area contributed by atoms with Gasteiger partial charge in [0.2, 0.25) is 0 Å². The molecule has 0 aromatic heterocycles. The summed E-state index contributed by atoms with van der Waals surface area (Å²) in [4.78, 5) is 5.08. The molecule has 2 aliphatic rings. The number of amidine groups is 1. The molecule has 2 atom stereocenters. The molecule has 0 amide bonds. The Hall–Kier alpha value is -0.180. The summed E-state index contributed by atoms with van der Waals surface area (Å²) in [6.45, 7) is 4.75. The number of hydrogen-bond donors (Lipinski definition) is 1. The van der Waals surface area contributed by atoms with Crippen molar-refractivity contribution >= 4 is 16.9 Å². The van der Waals surface area contributed by atoms with Gasteiger partial charge in [-0.1, -0.05) is 51.3 Å². The Morgan fingerprint density at radius 3 is 2.16 bits per heavy atom. The minimum atomic E-state index is 0.535. The predicted molar refractivity (Wildman–Crippen MR) is 86.9 cm³/mol. The zero-order chi connectivity index (χ0) is 13.7. The van der Waals surface area contributed by atoms with Crippen molar-refractivity contribution < 1.29 is 0 Å². The van der Waals surface area contributed by atoms with E-state index in [0.29, 0.717) is 12.1 Å². The van der Waals surface area contributed by atoms with Gasteiger partial charge in [0.15, 0.2) is 5.17 Å². The second kappa shape index (κ2) is 7.56. The highest BCUT2D eigenvalue weighted by atomic mass is 32.2. The van der Waals surface area contributed by atoms with Crippen LogP contribution in [0.2, 0.25) is 0 Å². The van der Waals surface area contributed by atoms with E-state index in [-0.39, 0.29) is 0 Å². The van der Waals surface area contributed by atoms with Gasteiger partial charge in [-0.15, -0.1) is 0 Å². The highest BCUT2D eigenvalue weighted by molar-refractivity contribution is 8.13. The molecule has 0 aromatic carbocycles. The quantitative estimate of drug-likeness (QED) is 0.597. The van der Waals surface area contributed by atoms with Gasteiger partial charge in [0.05, 0.1) is 6.04 Å². The maximum Gasteiger partial charge on any atom is 0.156 e. The van der Waals surface area contributed by atoms with Crippen molar-refractivity contribution in [3.63, 3.8) is 0 Å². The molecule has 0 spiro atoms. The van der Waals surface area contributed by atoms with Gasteiger partial charge in [-0.05, 0) is 43.8 Å². The summed E-state index contributed by atoms with van der Waals surface area (Å²) in [5, 5.41) is 4.90. The Morgan fingerprint density at radius 2 is 1.58 bits per heavy atom. The molecule has 2 nitrogen and oxygen atoms in total. The van der Waals surface area contributed by atoms with E-state index in [2.05, 4.69) is 25.4 Å². The fourth-order valence-electron chi connectivity index (χ4n) is 3.62. The van der Waals surface area contributed by atoms with Crippen LogP contribution in [-0.2, 0) is 0 Å². The van der Waals surface area contributed by atoms with Crippen LogP contribution in [0.1, 0.15) is 65.2 Å². The number of aliphatic imine (C=N–C) groups is 1. The molecular formula is C16H30N2S. The Kier molecular flexibility index (Phi) is 6.06. The third-order valence-electron chi connectivity index (χ3n) is 4.88. The number of nitrogens with zero attached hydrogens (tertiary/aromatic N) is 1. The Labute approximate surface area is 123 Å². The average molecular weight is 282 g/mol. The van der Waals surface area contributed by atoms with Gasteiger partial charge in [0.25, 0.3) is 0 Å². The van der Waals surface area contributed by atoms with Crippen LogP contribution in [0.5, 0.6) is 0 Å². The second-order valence-electron chi connectivity index (χ2n) is 6.49. The normalized spacial score (nSPS) is 34.3. The molecule has 0 heterocycles. The lowest BCUT2D eigenvalue weighted by molar-refractivity contribution is 0.252. The van der Waals surface area contributed by atoms with E-state index >= 15 is 0 Å². The van der Waals surface area contributed by atoms with Gasteiger partial charge in [0.1, 0.15) is 0 Å². The van der Waals surface area contributed by atoms with Crippen LogP contribution in [0.4, 0.5) is 0 Å². The van der Waals surface area contributed by atoms with Gasteiger partial charge in [-0.25, -0.2) is 0 Å². The molecule has 2 aliphatic carbocycles. The maximum atomic E-state index is 5.08. The highest BCUT2D eigenvalue weighted by Gasteiger charge is 2.28. The first kappa shape index (κ1) is 15.2. The molecule has 2 saturated carbocycles. The van der Waals surface area contributed by atoms with E-state index in [4.69, 9.17) is 4.99 Å². The topological polar surface area (TPSA) is 24.4 Å². The van der Waals surface area contributed by atoms with Crippen molar-refractivity contribution in [2.24, 2.45) is 16.8 Å². The summed E-state index contributed by atoms with van der Waals surface area (Å²) in [6.07, 6.45) is 13.1. The standard InChI is InChI=1S/C16H30N2S/c1-12-8-7-9-13(2)15(12)18-16(19-3)17-14-10-5-4-6-11-14/h12-15H,4-11H2,1-3H3,(H,17,18). The second-order valence-corrected chi connectivity index (χ2v) is 7.29.